The van der Waals surface area contributed by atoms with Crippen molar-refractivity contribution in [1.82, 2.24) is 9.78 Å². The van der Waals surface area contributed by atoms with E-state index in [1.807, 2.05) is 27.0 Å². The molecule has 19 heavy (non-hydrogen) atoms. The quantitative estimate of drug-likeness (QED) is 0.920. The van der Waals surface area contributed by atoms with E-state index in [-0.39, 0.29) is 5.82 Å². The van der Waals surface area contributed by atoms with Crippen molar-refractivity contribution in [2.75, 3.05) is 0 Å². The van der Waals surface area contributed by atoms with Gasteiger partial charge in [-0.15, -0.1) is 0 Å². The summed E-state index contributed by atoms with van der Waals surface area (Å²) in [4.78, 5) is 0. The molecule has 0 fully saturated rings. The molecule has 1 aromatic heterocycles. The lowest BCUT2D eigenvalue weighted by atomic mass is 10.0. The Kier molecular flexibility index (Phi) is 4.00. The number of nitrogens with zero attached hydrogens (tertiary/aromatic N) is 2. The molecule has 0 saturated carbocycles. The topological polar surface area (TPSA) is 38.0 Å². The fraction of sp³-hybridized carbons (Fsp3) is 0.400. The molecule has 4 heteroatoms. The zero-order valence-electron chi connectivity index (χ0n) is 11.5. The molecule has 102 valence electrons. The molecular weight excluding hydrogens is 243 g/mol. The highest BCUT2D eigenvalue weighted by Gasteiger charge is 2.16. The van der Waals surface area contributed by atoms with Crippen molar-refractivity contribution in [1.29, 1.82) is 0 Å². The fourth-order valence-corrected chi connectivity index (χ4v) is 2.16. The van der Waals surface area contributed by atoms with E-state index in [2.05, 4.69) is 5.10 Å². The lowest BCUT2D eigenvalue weighted by Crippen LogP contribution is -2.08. The van der Waals surface area contributed by atoms with Gasteiger partial charge in [0.1, 0.15) is 5.82 Å². The molecule has 0 aliphatic carbocycles. The van der Waals surface area contributed by atoms with Crippen molar-refractivity contribution in [3.05, 3.63) is 52.6 Å². The van der Waals surface area contributed by atoms with Gasteiger partial charge < -0.3 is 5.11 Å². The summed E-state index contributed by atoms with van der Waals surface area (Å²) in [6.07, 6.45) is 0.368. The van der Waals surface area contributed by atoms with Crippen LogP contribution in [0.5, 0.6) is 0 Å². The summed E-state index contributed by atoms with van der Waals surface area (Å²) >= 11 is 0. The van der Waals surface area contributed by atoms with Crippen molar-refractivity contribution >= 4 is 0 Å². The average molecular weight is 262 g/mol. The second-order valence-electron chi connectivity index (χ2n) is 4.85. The Labute approximate surface area is 112 Å². The van der Waals surface area contributed by atoms with E-state index in [0.717, 1.165) is 23.4 Å². The minimum atomic E-state index is -0.847. The fourth-order valence-electron chi connectivity index (χ4n) is 2.16. The van der Waals surface area contributed by atoms with Crippen LogP contribution in [-0.4, -0.2) is 14.9 Å². The molecule has 0 aliphatic heterocycles. The normalized spacial score (nSPS) is 12.7. The van der Waals surface area contributed by atoms with E-state index in [4.69, 9.17) is 0 Å². The second-order valence-corrected chi connectivity index (χ2v) is 4.85. The molecule has 3 nitrogen and oxygen atoms in total. The van der Waals surface area contributed by atoms with E-state index in [1.165, 1.54) is 6.07 Å². The Hall–Kier alpha value is -1.68. The predicted octanol–water partition coefficient (Wildman–Crippen LogP) is 2.71. The van der Waals surface area contributed by atoms with Gasteiger partial charge in [0.2, 0.25) is 0 Å². The summed E-state index contributed by atoms with van der Waals surface area (Å²) in [6.45, 7) is 3.91. The molecule has 0 saturated heterocycles. The summed E-state index contributed by atoms with van der Waals surface area (Å²) in [6, 6.07) is 6.74. The molecule has 0 spiro atoms. The number of aliphatic hydroxyl groups is 1. The Morgan fingerprint density at radius 2 is 2.11 bits per heavy atom. The highest BCUT2D eigenvalue weighted by atomic mass is 19.1. The minimum absolute atomic E-state index is 0.347. The molecule has 0 radical (unpaired) electrons. The third kappa shape index (κ3) is 3.01. The van der Waals surface area contributed by atoms with Gasteiger partial charge in [0, 0.05) is 24.7 Å². The van der Waals surface area contributed by atoms with Crippen LogP contribution < -0.4 is 0 Å². The van der Waals surface area contributed by atoms with Crippen LogP contribution in [0.4, 0.5) is 4.39 Å². The van der Waals surface area contributed by atoms with E-state index >= 15 is 0 Å². The Morgan fingerprint density at radius 3 is 2.74 bits per heavy atom. The van der Waals surface area contributed by atoms with Crippen LogP contribution in [0.3, 0.4) is 0 Å². The zero-order chi connectivity index (χ0) is 14.0. The number of aromatic nitrogens is 2. The minimum Gasteiger partial charge on any atom is -0.388 e. The predicted molar refractivity (Wildman–Crippen MR) is 72.4 cm³/mol. The Bertz CT molecular complexity index is 578. The lowest BCUT2D eigenvalue weighted by Gasteiger charge is -2.12. The van der Waals surface area contributed by atoms with E-state index in [1.54, 1.807) is 16.8 Å². The zero-order valence-corrected chi connectivity index (χ0v) is 11.5. The van der Waals surface area contributed by atoms with Crippen LogP contribution >= 0.6 is 0 Å². The maximum atomic E-state index is 13.7. The molecule has 0 aliphatic rings. The van der Waals surface area contributed by atoms with Crippen LogP contribution in [0.1, 0.15) is 35.5 Å². The SMILES string of the molecule is CCc1cc(CC(O)c2cc(C)ccc2F)n(C)n1. The molecule has 1 N–H and O–H groups in total. The van der Waals surface area contributed by atoms with Gasteiger partial charge in [-0.2, -0.15) is 5.10 Å². The average Bonchev–Trinajstić information content (AvgIpc) is 2.73. The highest BCUT2D eigenvalue weighted by Crippen LogP contribution is 2.22. The van der Waals surface area contributed by atoms with Gasteiger partial charge in [-0.1, -0.05) is 24.6 Å². The first kappa shape index (κ1) is 13.7. The van der Waals surface area contributed by atoms with Crippen molar-refractivity contribution in [2.45, 2.75) is 32.8 Å². The smallest absolute Gasteiger partial charge is 0.129 e. The summed E-state index contributed by atoms with van der Waals surface area (Å²) in [5.74, 6) is -0.365. The van der Waals surface area contributed by atoms with E-state index < -0.39 is 6.10 Å². The molecule has 1 heterocycles. The molecular formula is C15H19FN2O. The maximum Gasteiger partial charge on any atom is 0.129 e. The van der Waals surface area contributed by atoms with Gasteiger partial charge in [0.15, 0.2) is 0 Å². The standard InChI is InChI=1S/C15H19FN2O/c1-4-11-8-12(18(3)17-11)9-15(19)13-7-10(2)5-6-14(13)16/h5-8,15,19H,4,9H2,1-3H3. The van der Waals surface area contributed by atoms with Crippen molar-refractivity contribution < 1.29 is 9.50 Å². The van der Waals surface area contributed by atoms with Crippen LogP contribution in [-0.2, 0) is 19.9 Å². The number of aliphatic hydroxyl groups excluding tert-OH is 1. The van der Waals surface area contributed by atoms with Gasteiger partial charge in [0.05, 0.1) is 11.8 Å². The summed E-state index contributed by atoms with van der Waals surface area (Å²) in [5, 5.41) is 14.5. The monoisotopic (exact) mass is 262 g/mol. The third-order valence-corrected chi connectivity index (χ3v) is 3.30. The molecule has 1 unspecified atom stereocenters. The van der Waals surface area contributed by atoms with Crippen molar-refractivity contribution in [3.8, 4) is 0 Å². The van der Waals surface area contributed by atoms with Crippen LogP contribution in [0.15, 0.2) is 24.3 Å². The van der Waals surface area contributed by atoms with Gasteiger partial charge in [-0.05, 0) is 25.5 Å². The first-order valence-corrected chi connectivity index (χ1v) is 6.47. The number of aryl methyl sites for hydroxylation is 3. The van der Waals surface area contributed by atoms with Gasteiger partial charge in [-0.3, -0.25) is 4.68 Å². The first-order valence-electron chi connectivity index (χ1n) is 6.47. The van der Waals surface area contributed by atoms with Crippen LogP contribution in [0.25, 0.3) is 0 Å². The highest BCUT2D eigenvalue weighted by molar-refractivity contribution is 5.27. The number of rotatable bonds is 4. The van der Waals surface area contributed by atoms with Crippen LogP contribution in [0, 0.1) is 12.7 Å². The summed E-state index contributed by atoms with van der Waals surface area (Å²) < 4.78 is 15.5. The molecule has 1 atom stereocenters. The van der Waals surface area contributed by atoms with E-state index in [0.29, 0.717) is 12.0 Å². The summed E-state index contributed by atoms with van der Waals surface area (Å²) in [7, 11) is 1.84. The van der Waals surface area contributed by atoms with E-state index in [9.17, 15) is 9.50 Å². The van der Waals surface area contributed by atoms with Gasteiger partial charge >= 0.3 is 0 Å². The number of benzene rings is 1. The second kappa shape index (κ2) is 5.53. The molecule has 2 aromatic rings. The van der Waals surface area contributed by atoms with Gasteiger partial charge in [0.25, 0.3) is 0 Å². The number of halogens is 1. The number of hydrogen-bond donors (Lipinski definition) is 1. The molecule has 1 aromatic carbocycles. The third-order valence-electron chi connectivity index (χ3n) is 3.30. The Morgan fingerprint density at radius 1 is 1.37 bits per heavy atom. The first-order chi connectivity index (χ1) is 9.01. The van der Waals surface area contributed by atoms with Crippen LogP contribution in [0.2, 0.25) is 0 Å². The van der Waals surface area contributed by atoms with Crippen molar-refractivity contribution in [3.63, 3.8) is 0 Å². The molecule has 0 amide bonds. The molecule has 0 bridgehead atoms. The van der Waals surface area contributed by atoms with Crippen molar-refractivity contribution in [2.24, 2.45) is 7.05 Å². The largest absolute Gasteiger partial charge is 0.388 e. The molecule has 2 rings (SSSR count). The lowest BCUT2D eigenvalue weighted by molar-refractivity contribution is 0.171. The number of hydrogen-bond acceptors (Lipinski definition) is 2. The summed E-state index contributed by atoms with van der Waals surface area (Å²) in [5.41, 5.74) is 3.17. The maximum absolute atomic E-state index is 13.7. The van der Waals surface area contributed by atoms with Gasteiger partial charge in [-0.25, -0.2) is 4.39 Å². The Balaban J connectivity index is 2.22.